The number of nitrogens with zero attached hydrogens (tertiary/aromatic N) is 1. The molecule has 0 radical (unpaired) electrons. The maximum atomic E-state index is 11.5. The largest absolute Gasteiger partial charge is 0.465 e. The number of esters is 1. The predicted octanol–water partition coefficient (Wildman–Crippen LogP) is 1.24. The number of likely N-dealkylation sites (tertiary alicyclic amines) is 1. The fourth-order valence-corrected chi connectivity index (χ4v) is 2.65. The van der Waals surface area contributed by atoms with E-state index in [1.807, 2.05) is 0 Å². The molecule has 0 bridgehead atoms. The average molecular weight is 242 g/mol. The Kier molecular flexibility index (Phi) is 5.40. The number of hydrogen-bond acceptors (Lipinski definition) is 4. The van der Waals surface area contributed by atoms with Crippen LogP contribution < -0.4 is 5.73 Å². The molecule has 17 heavy (non-hydrogen) atoms. The van der Waals surface area contributed by atoms with E-state index in [4.69, 9.17) is 10.5 Å². The van der Waals surface area contributed by atoms with Crippen molar-refractivity contribution in [1.82, 2.24) is 4.90 Å². The van der Waals surface area contributed by atoms with Crippen molar-refractivity contribution in [1.29, 1.82) is 0 Å². The van der Waals surface area contributed by atoms with Crippen molar-refractivity contribution in [2.45, 2.75) is 46.2 Å². The Morgan fingerprint density at radius 3 is 2.71 bits per heavy atom. The number of rotatable bonds is 4. The summed E-state index contributed by atoms with van der Waals surface area (Å²) in [5.74, 6) is 1.05. The molecule has 4 unspecified atom stereocenters. The highest BCUT2D eigenvalue weighted by Crippen LogP contribution is 2.26. The van der Waals surface area contributed by atoms with Gasteiger partial charge >= 0.3 is 5.97 Å². The van der Waals surface area contributed by atoms with Crippen molar-refractivity contribution in [3.8, 4) is 0 Å². The third-order valence-corrected chi connectivity index (χ3v) is 3.74. The fourth-order valence-electron chi connectivity index (χ4n) is 2.65. The second kappa shape index (κ2) is 6.36. The Bertz CT molecular complexity index is 258. The van der Waals surface area contributed by atoms with Crippen LogP contribution >= 0.6 is 0 Å². The molecule has 100 valence electrons. The summed E-state index contributed by atoms with van der Waals surface area (Å²) in [5.41, 5.74) is 5.87. The lowest BCUT2D eigenvalue weighted by atomic mass is 9.86. The summed E-state index contributed by atoms with van der Waals surface area (Å²) in [6.45, 7) is 10.6. The number of piperidine rings is 1. The minimum absolute atomic E-state index is 0.287. The number of hydrogen-bond donors (Lipinski definition) is 1. The standard InChI is InChI=1S/C13H26N2O2/c1-5-17-13(16)12(14)8-15-7-9(2)6-10(3)11(15)4/h9-12H,5-8,14H2,1-4H3. The second-order valence-electron chi connectivity index (χ2n) is 5.37. The van der Waals surface area contributed by atoms with Crippen LogP contribution in [0.25, 0.3) is 0 Å². The Balaban J connectivity index is 2.51. The van der Waals surface area contributed by atoms with Gasteiger partial charge in [0.1, 0.15) is 6.04 Å². The Hall–Kier alpha value is -0.610. The molecule has 2 N–H and O–H groups in total. The molecule has 0 saturated carbocycles. The third kappa shape index (κ3) is 3.96. The number of ether oxygens (including phenoxy) is 1. The van der Waals surface area contributed by atoms with Crippen LogP contribution in [-0.4, -0.2) is 42.6 Å². The zero-order valence-corrected chi connectivity index (χ0v) is 11.5. The molecule has 0 aliphatic carbocycles. The van der Waals surface area contributed by atoms with Crippen LogP contribution in [0.15, 0.2) is 0 Å². The van der Waals surface area contributed by atoms with Gasteiger partial charge in [-0.1, -0.05) is 13.8 Å². The molecule has 1 rings (SSSR count). The van der Waals surface area contributed by atoms with E-state index in [0.717, 1.165) is 6.54 Å². The summed E-state index contributed by atoms with van der Waals surface area (Å²) in [5, 5.41) is 0. The molecule has 0 aromatic heterocycles. The first-order valence-electron chi connectivity index (χ1n) is 6.62. The van der Waals surface area contributed by atoms with Gasteiger partial charge in [-0.05, 0) is 32.1 Å². The lowest BCUT2D eigenvalue weighted by molar-refractivity contribution is -0.145. The van der Waals surface area contributed by atoms with E-state index < -0.39 is 6.04 Å². The van der Waals surface area contributed by atoms with Crippen LogP contribution in [0.5, 0.6) is 0 Å². The van der Waals surface area contributed by atoms with Gasteiger partial charge in [0.05, 0.1) is 6.61 Å². The maximum absolute atomic E-state index is 11.5. The van der Waals surface area contributed by atoms with Crippen molar-refractivity contribution in [2.75, 3.05) is 19.7 Å². The van der Waals surface area contributed by atoms with E-state index in [1.54, 1.807) is 6.92 Å². The minimum atomic E-state index is -0.519. The van der Waals surface area contributed by atoms with Crippen molar-refractivity contribution >= 4 is 5.97 Å². The number of nitrogens with two attached hydrogens (primary N) is 1. The Morgan fingerprint density at radius 2 is 2.12 bits per heavy atom. The molecule has 1 aliphatic heterocycles. The van der Waals surface area contributed by atoms with Crippen molar-refractivity contribution in [3.05, 3.63) is 0 Å². The van der Waals surface area contributed by atoms with E-state index in [9.17, 15) is 4.79 Å². The molecule has 4 heteroatoms. The summed E-state index contributed by atoms with van der Waals surface area (Å²) in [7, 11) is 0. The van der Waals surface area contributed by atoms with Crippen LogP contribution in [0, 0.1) is 11.8 Å². The molecule has 0 aromatic rings. The smallest absolute Gasteiger partial charge is 0.324 e. The molecule has 4 nitrogen and oxygen atoms in total. The van der Waals surface area contributed by atoms with Gasteiger partial charge in [0.25, 0.3) is 0 Å². The molecule has 0 amide bonds. The molecule has 1 fully saturated rings. The molecule has 1 heterocycles. The summed E-state index contributed by atoms with van der Waals surface area (Å²) in [6, 6.07) is -0.0263. The maximum Gasteiger partial charge on any atom is 0.324 e. The Labute approximate surface area is 104 Å². The van der Waals surface area contributed by atoms with Crippen molar-refractivity contribution in [2.24, 2.45) is 17.6 Å². The van der Waals surface area contributed by atoms with Gasteiger partial charge < -0.3 is 10.5 Å². The number of carbonyl (C=O) groups is 1. The Morgan fingerprint density at radius 1 is 1.47 bits per heavy atom. The SMILES string of the molecule is CCOC(=O)C(N)CN1CC(C)CC(C)C1C. The molecule has 4 atom stereocenters. The highest BCUT2D eigenvalue weighted by molar-refractivity contribution is 5.75. The van der Waals surface area contributed by atoms with Crippen LogP contribution in [0.3, 0.4) is 0 Å². The topological polar surface area (TPSA) is 55.6 Å². The van der Waals surface area contributed by atoms with E-state index in [0.29, 0.717) is 31.0 Å². The molecule has 1 saturated heterocycles. The lowest BCUT2D eigenvalue weighted by Gasteiger charge is -2.41. The van der Waals surface area contributed by atoms with Crippen molar-refractivity contribution in [3.63, 3.8) is 0 Å². The van der Waals surface area contributed by atoms with Gasteiger partial charge in [-0.2, -0.15) is 0 Å². The van der Waals surface area contributed by atoms with Gasteiger partial charge in [-0.3, -0.25) is 9.69 Å². The summed E-state index contributed by atoms with van der Waals surface area (Å²) < 4.78 is 4.94. The first-order chi connectivity index (χ1) is 7.95. The minimum Gasteiger partial charge on any atom is -0.465 e. The van der Waals surface area contributed by atoms with Gasteiger partial charge in [-0.15, -0.1) is 0 Å². The zero-order chi connectivity index (χ0) is 13.0. The van der Waals surface area contributed by atoms with Gasteiger partial charge in [0.15, 0.2) is 0 Å². The normalized spacial score (nSPS) is 32.2. The van der Waals surface area contributed by atoms with Gasteiger partial charge in [0.2, 0.25) is 0 Å². The van der Waals surface area contributed by atoms with Crippen LogP contribution in [-0.2, 0) is 9.53 Å². The van der Waals surface area contributed by atoms with Gasteiger partial charge in [-0.25, -0.2) is 0 Å². The monoisotopic (exact) mass is 242 g/mol. The molecular formula is C13H26N2O2. The predicted molar refractivity (Wildman–Crippen MR) is 68.6 cm³/mol. The van der Waals surface area contributed by atoms with E-state index in [-0.39, 0.29) is 5.97 Å². The second-order valence-corrected chi connectivity index (χ2v) is 5.37. The molecule has 0 spiro atoms. The highest BCUT2D eigenvalue weighted by Gasteiger charge is 2.31. The summed E-state index contributed by atoms with van der Waals surface area (Å²) >= 11 is 0. The lowest BCUT2D eigenvalue weighted by Crippen LogP contribution is -2.52. The van der Waals surface area contributed by atoms with Crippen LogP contribution in [0.1, 0.15) is 34.1 Å². The van der Waals surface area contributed by atoms with E-state index in [1.165, 1.54) is 6.42 Å². The first kappa shape index (κ1) is 14.5. The van der Waals surface area contributed by atoms with E-state index >= 15 is 0 Å². The zero-order valence-electron chi connectivity index (χ0n) is 11.5. The average Bonchev–Trinajstić information content (AvgIpc) is 2.25. The first-order valence-corrected chi connectivity index (χ1v) is 6.62. The van der Waals surface area contributed by atoms with Crippen LogP contribution in [0.4, 0.5) is 0 Å². The quantitative estimate of drug-likeness (QED) is 0.754. The highest BCUT2D eigenvalue weighted by atomic mass is 16.5. The molecule has 1 aliphatic rings. The number of carbonyl (C=O) groups excluding carboxylic acids is 1. The third-order valence-electron chi connectivity index (χ3n) is 3.74. The fraction of sp³-hybridized carbons (Fsp3) is 0.923. The molecule has 0 aromatic carbocycles. The van der Waals surface area contributed by atoms with Gasteiger partial charge in [0, 0.05) is 19.1 Å². The van der Waals surface area contributed by atoms with Crippen molar-refractivity contribution < 1.29 is 9.53 Å². The van der Waals surface area contributed by atoms with E-state index in [2.05, 4.69) is 25.7 Å². The molecular weight excluding hydrogens is 216 g/mol. The van der Waals surface area contributed by atoms with Crippen LogP contribution in [0.2, 0.25) is 0 Å². The summed E-state index contributed by atoms with van der Waals surface area (Å²) in [6.07, 6.45) is 1.26. The summed E-state index contributed by atoms with van der Waals surface area (Å²) in [4.78, 5) is 13.8.